The summed E-state index contributed by atoms with van der Waals surface area (Å²) in [7, 11) is 0. The molecule has 1 fully saturated rings. The van der Waals surface area contributed by atoms with Crippen molar-refractivity contribution in [3.05, 3.63) is 17.8 Å². The van der Waals surface area contributed by atoms with Crippen molar-refractivity contribution in [2.45, 2.75) is 32.8 Å². The van der Waals surface area contributed by atoms with E-state index in [9.17, 15) is 4.79 Å². The van der Waals surface area contributed by atoms with Crippen molar-refractivity contribution < 1.29 is 14.3 Å². The Hall–Kier alpha value is -1.82. The summed E-state index contributed by atoms with van der Waals surface area (Å²) in [4.78, 5) is 18.5. The largest absolute Gasteiger partial charge is 0.462 e. The smallest absolute Gasteiger partial charge is 0.341 e. The summed E-state index contributed by atoms with van der Waals surface area (Å²) in [5, 5.41) is 0. The fraction of sp³-hybridized carbons (Fsp3) is 0.600. The predicted octanol–water partition coefficient (Wildman–Crippen LogP) is 1.85. The molecule has 0 radical (unpaired) electrons. The number of nitrogen functional groups attached to an aromatic ring is 1. The summed E-state index contributed by atoms with van der Waals surface area (Å²) in [6, 6.07) is 1.62. The Kier molecular flexibility index (Phi) is 5.38. The highest BCUT2D eigenvalue weighted by atomic mass is 16.5. The van der Waals surface area contributed by atoms with Gasteiger partial charge in [0.05, 0.1) is 24.6 Å². The fourth-order valence-electron chi connectivity index (χ4n) is 2.48. The fourth-order valence-corrected chi connectivity index (χ4v) is 2.48. The molecule has 1 aliphatic heterocycles. The van der Waals surface area contributed by atoms with E-state index in [4.69, 9.17) is 15.2 Å². The zero-order valence-electron chi connectivity index (χ0n) is 12.7. The molecule has 0 bridgehead atoms. The van der Waals surface area contributed by atoms with Gasteiger partial charge in [-0.1, -0.05) is 0 Å². The first-order valence-corrected chi connectivity index (χ1v) is 7.44. The molecule has 1 atom stereocenters. The zero-order valence-corrected chi connectivity index (χ0v) is 12.7. The van der Waals surface area contributed by atoms with Crippen LogP contribution >= 0.6 is 0 Å². The number of carbonyl (C=O) groups is 1. The van der Waals surface area contributed by atoms with Gasteiger partial charge in [0.15, 0.2) is 0 Å². The van der Waals surface area contributed by atoms with Gasteiger partial charge >= 0.3 is 5.97 Å². The lowest BCUT2D eigenvalue weighted by Gasteiger charge is -2.26. The van der Waals surface area contributed by atoms with Crippen LogP contribution in [0.25, 0.3) is 0 Å². The Balaban J connectivity index is 2.24. The molecule has 2 N–H and O–H groups in total. The van der Waals surface area contributed by atoms with E-state index >= 15 is 0 Å². The van der Waals surface area contributed by atoms with Gasteiger partial charge in [-0.25, -0.2) is 9.78 Å². The van der Waals surface area contributed by atoms with E-state index in [1.54, 1.807) is 19.2 Å². The number of esters is 1. The van der Waals surface area contributed by atoms with E-state index in [2.05, 4.69) is 4.98 Å². The highest BCUT2D eigenvalue weighted by molar-refractivity contribution is 5.95. The van der Waals surface area contributed by atoms with Crippen LogP contribution in [0.15, 0.2) is 12.3 Å². The summed E-state index contributed by atoms with van der Waals surface area (Å²) < 4.78 is 10.8. The summed E-state index contributed by atoms with van der Waals surface area (Å²) in [6.45, 7) is 6.40. The molecule has 0 saturated carbocycles. The molecule has 2 rings (SSSR count). The van der Waals surface area contributed by atoms with Gasteiger partial charge in [0.1, 0.15) is 11.4 Å². The molecule has 1 aliphatic rings. The van der Waals surface area contributed by atoms with E-state index in [0.717, 1.165) is 32.5 Å². The highest BCUT2D eigenvalue weighted by Crippen LogP contribution is 2.23. The molecule has 0 amide bonds. The topological polar surface area (TPSA) is 77.7 Å². The molecule has 1 saturated heterocycles. The number of ether oxygens (including phenoxy) is 2. The van der Waals surface area contributed by atoms with Crippen LogP contribution < -0.4 is 10.6 Å². The number of nitrogens with two attached hydrogens (primary N) is 1. The van der Waals surface area contributed by atoms with Crippen molar-refractivity contribution in [2.24, 2.45) is 0 Å². The van der Waals surface area contributed by atoms with E-state index in [0.29, 0.717) is 23.7 Å². The molecule has 0 aromatic carbocycles. The van der Waals surface area contributed by atoms with Crippen LogP contribution in [0.2, 0.25) is 0 Å². The SMILES string of the molecule is CCOC(=O)c1cc(N)cnc1N(CC)CC1CCCO1. The minimum atomic E-state index is -0.391. The summed E-state index contributed by atoms with van der Waals surface area (Å²) in [5.74, 6) is 0.221. The maximum absolute atomic E-state index is 12.1. The Labute approximate surface area is 125 Å². The van der Waals surface area contributed by atoms with E-state index < -0.39 is 5.97 Å². The van der Waals surface area contributed by atoms with Gasteiger partial charge in [-0.2, -0.15) is 0 Å². The van der Waals surface area contributed by atoms with Crippen molar-refractivity contribution in [1.82, 2.24) is 4.98 Å². The lowest BCUT2D eigenvalue weighted by Crippen LogP contribution is -2.34. The van der Waals surface area contributed by atoms with Crippen LogP contribution in [0.4, 0.5) is 11.5 Å². The van der Waals surface area contributed by atoms with Crippen molar-refractivity contribution in [3.63, 3.8) is 0 Å². The molecule has 21 heavy (non-hydrogen) atoms. The number of aromatic nitrogens is 1. The third-order valence-electron chi connectivity index (χ3n) is 3.51. The maximum Gasteiger partial charge on any atom is 0.341 e. The van der Waals surface area contributed by atoms with Crippen molar-refractivity contribution >= 4 is 17.5 Å². The molecule has 6 heteroatoms. The molecule has 1 unspecified atom stereocenters. The number of hydrogen-bond donors (Lipinski definition) is 1. The number of anilines is 2. The third-order valence-corrected chi connectivity index (χ3v) is 3.51. The summed E-state index contributed by atoms with van der Waals surface area (Å²) in [5.41, 5.74) is 6.62. The van der Waals surface area contributed by atoms with Gasteiger partial charge in [-0.15, -0.1) is 0 Å². The second-order valence-corrected chi connectivity index (χ2v) is 5.03. The summed E-state index contributed by atoms with van der Waals surface area (Å²) >= 11 is 0. The molecular formula is C15H23N3O3. The van der Waals surface area contributed by atoms with Crippen LogP contribution in [0, 0.1) is 0 Å². The molecule has 0 aliphatic carbocycles. The minimum absolute atomic E-state index is 0.194. The van der Waals surface area contributed by atoms with Gasteiger partial charge in [0, 0.05) is 19.7 Å². The Bertz CT molecular complexity index is 487. The molecular weight excluding hydrogens is 270 g/mol. The highest BCUT2D eigenvalue weighted by Gasteiger charge is 2.23. The number of hydrogen-bond acceptors (Lipinski definition) is 6. The standard InChI is InChI=1S/C15H23N3O3/c1-3-18(10-12-6-5-7-21-12)14-13(15(19)20-4-2)8-11(16)9-17-14/h8-9,12H,3-7,10,16H2,1-2H3. The van der Waals surface area contributed by atoms with Crippen LogP contribution in [0.1, 0.15) is 37.0 Å². The molecule has 0 spiro atoms. The first kappa shape index (κ1) is 15.6. The second-order valence-electron chi connectivity index (χ2n) is 5.03. The monoisotopic (exact) mass is 293 g/mol. The number of pyridine rings is 1. The summed E-state index contributed by atoms with van der Waals surface area (Å²) in [6.07, 6.45) is 3.89. The third kappa shape index (κ3) is 3.85. The molecule has 6 nitrogen and oxygen atoms in total. The van der Waals surface area contributed by atoms with E-state index in [-0.39, 0.29) is 6.10 Å². The first-order valence-electron chi connectivity index (χ1n) is 7.44. The predicted molar refractivity (Wildman–Crippen MR) is 81.5 cm³/mol. The second kappa shape index (κ2) is 7.26. The normalized spacial score (nSPS) is 17.7. The van der Waals surface area contributed by atoms with Crippen molar-refractivity contribution in [3.8, 4) is 0 Å². The minimum Gasteiger partial charge on any atom is -0.462 e. The van der Waals surface area contributed by atoms with Gasteiger partial charge in [0.25, 0.3) is 0 Å². The van der Waals surface area contributed by atoms with Gasteiger partial charge < -0.3 is 20.1 Å². The van der Waals surface area contributed by atoms with Crippen molar-refractivity contribution in [1.29, 1.82) is 0 Å². The quantitative estimate of drug-likeness (QED) is 0.806. The molecule has 1 aromatic heterocycles. The van der Waals surface area contributed by atoms with Gasteiger partial charge in [-0.3, -0.25) is 0 Å². The Morgan fingerprint density at radius 3 is 3.00 bits per heavy atom. The average molecular weight is 293 g/mol. The lowest BCUT2D eigenvalue weighted by molar-refractivity contribution is 0.0526. The zero-order chi connectivity index (χ0) is 15.2. The first-order chi connectivity index (χ1) is 10.2. The number of carbonyl (C=O) groups excluding carboxylic acids is 1. The molecule has 1 aromatic rings. The van der Waals surface area contributed by atoms with E-state index in [1.165, 1.54) is 0 Å². The molecule has 116 valence electrons. The molecule has 2 heterocycles. The van der Waals surface area contributed by atoms with Crippen LogP contribution in [-0.2, 0) is 9.47 Å². The number of rotatable bonds is 6. The number of nitrogens with zero attached hydrogens (tertiary/aromatic N) is 2. The van der Waals surface area contributed by atoms with Crippen LogP contribution in [-0.4, -0.2) is 43.4 Å². The Morgan fingerprint density at radius 2 is 2.38 bits per heavy atom. The van der Waals surface area contributed by atoms with Gasteiger partial charge in [-0.05, 0) is 32.8 Å². The Morgan fingerprint density at radius 1 is 1.57 bits per heavy atom. The van der Waals surface area contributed by atoms with E-state index in [1.807, 2.05) is 11.8 Å². The maximum atomic E-state index is 12.1. The average Bonchev–Trinajstić information content (AvgIpc) is 2.98. The van der Waals surface area contributed by atoms with Crippen molar-refractivity contribution in [2.75, 3.05) is 36.9 Å². The van der Waals surface area contributed by atoms with Gasteiger partial charge in [0.2, 0.25) is 0 Å². The van der Waals surface area contributed by atoms with Crippen LogP contribution in [0.3, 0.4) is 0 Å². The van der Waals surface area contributed by atoms with Crippen LogP contribution in [0.5, 0.6) is 0 Å². The number of likely N-dealkylation sites (N-methyl/N-ethyl adjacent to an activating group) is 1. The lowest BCUT2D eigenvalue weighted by atomic mass is 10.2.